The zero-order chi connectivity index (χ0) is 17.6. The van der Waals surface area contributed by atoms with E-state index in [1.165, 1.54) is 32.1 Å². The Balaban J connectivity index is 1.74. The van der Waals surface area contributed by atoms with Gasteiger partial charge in [-0.2, -0.15) is 0 Å². The van der Waals surface area contributed by atoms with Crippen molar-refractivity contribution in [3.63, 3.8) is 0 Å². The summed E-state index contributed by atoms with van der Waals surface area (Å²) in [5, 5.41) is 11.2. The van der Waals surface area contributed by atoms with Crippen LogP contribution in [0.25, 0.3) is 5.57 Å². The van der Waals surface area contributed by atoms with Crippen LogP contribution in [-0.4, -0.2) is 19.2 Å². The van der Waals surface area contributed by atoms with Crippen molar-refractivity contribution in [1.82, 2.24) is 5.32 Å². The Kier molecular flexibility index (Phi) is 5.53. The number of nitrogens with two attached hydrogens (primary N) is 1. The van der Waals surface area contributed by atoms with E-state index in [2.05, 4.69) is 10.3 Å². The maximum atomic E-state index is 7.94. The molecule has 0 saturated heterocycles. The normalized spacial score (nSPS) is 19.8. The van der Waals surface area contributed by atoms with E-state index >= 15 is 0 Å². The zero-order valence-corrected chi connectivity index (χ0v) is 14.7. The third kappa shape index (κ3) is 4.29. The number of hydrogen-bond acceptors (Lipinski definition) is 4. The molecule has 1 aromatic rings. The Bertz CT molecular complexity index is 710. The minimum absolute atomic E-state index is 0.117. The van der Waals surface area contributed by atoms with Crippen LogP contribution in [0.15, 0.2) is 46.9 Å². The Morgan fingerprint density at radius 2 is 1.96 bits per heavy atom. The molecule has 1 aliphatic carbocycles. The molecule has 25 heavy (non-hydrogen) atoms. The molecule has 0 aromatic heterocycles. The predicted molar refractivity (Wildman–Crippen MR) is 103 cm³/mol. The van der Waals surface area contributed by atoms with Gasteiger partial charge in [-0.05, 0) is 30.0 Å². The smallest absolute Gasteiger partial charge is 0.136 e. The van der Waals surface area contributed by atoms with E-state index in [1.807, 2.05) is 36.7 Å². The van der Waals surface area contributed by atoms with E-state index in [1.54, 1.807) is 7.11 Å². The highest BCUT2D eigenvalue weighted by molar-refractivity contribution is 6.11. The topological polar surface area (TPSA) is 83.5 Å². The molecule has 0 radical (unpaired) electrons. The molecule has 0 unspecified atom stereocenters. The third-order valence-electron chi connectivity index (χ3n) is 4.95. The quantitative estimate of drug-likeness (QED) is 0.563. The first kappa shape index (κ1) is 17.3. The Labute approximate surface area is 149 Å². The Morgan fingerprint density at radius 1 is 1.24 bits per heavy atom. The first-order valence-corrected chi connectivity index (χ1v) is 8.90. The van der Waals surface area contributed by atoms with Crippen molar-refractivity contribution in [2.45, 2.75) is 38.5 Å². The van der Waals surface area contributed by atoms with Crippen molar-refractivity contribution >= 4 is 17.6 Å². The van der Waals surface area contributed by atoms with Crippen LogP contribution in [-0.2, 0) is 0 Å². The second-order valence-electron chi connectivity index (χ2n) is 6.68. The summed E-state index contributed by atoms with van der Waals surface area (Å²) in [4.78, 5) is 4.54. The minimum Gasteiger partial charge on any atom is -0.497 e. The molecule has 1 heterocycles. The lowest BCUT2D eigenvalue weighted by atomic mass is 9.84. The van der Waals surface area contributed by atoms with Crippen LogP contribution in [0.3, 0.4) is 0 Å². The van der Waals surface area contributed by atoms with Crippen LogP contribution in [0.1, 0.15) is 44.1 Å². The van der Waals surface area contributed by atoms with Crippen LogP contribution in [0.4, 0.5) is 0 Å². The van der Waals surface area contributed by atoms with Gasteiger partial charge in [0, 0.05) is 23.6 Å². The van der Waals surface area contributed by atoms with Crippen molar-refractivity contribution in [3.05, 3.63) is 47.4 Å². The van der Waals surface area contributed by atoms with Gasteiger partial charge in [-0.25, -0.2) is 4.99 Å². The molecule has 1 aliphatic heterocycles. The van der Waals surface area contributed by atoms with Crippen molar-refractivity contribution in [2.24, 2.45) is 16.6 Å². The van der Waals surface area contributed by atoms with Crippen molar-refractivity contribution < 1.29 is 4.74 Å². The number of benzene rings is 1. The fourth-order valence-corrected chi connectivity index (χ4v) is 3.48. The average molecular weight is 338 g/mol. The van der Waals surface area contributed by atoms with Gasteiger partial charge in [0.2, 0.25) is 0 Å². The van der Waals surface area contributed by atoms with Crippen LogP contribution in [0, 0.1) is 11.3 Å². The maximum absolute atomic E-state index is 7.94. The van der Waals surface area contributed by atoms with Crippen molar-refractivity contribution in [1.29, 1.82) is 5.41 Å². The fraction of sp³-hybridized carbons (Fsp3) is 0.400. The third-order valence-corrected chi connectivity index (χ3v) is 4.95. The lowest BCUT2D eigenvalue weighted by molar-refractivity contribution is 0.357. The van der Waals surface area contributed by atoms with Gasteiger partial charge in [0.25, 0.3) is 0 Å². The van der Waals surface area contributed by atoms with Gasteiger partial charge < -0.3 is 15.8 Å². The first-order valence-electron chi connectivity index (χ1n) is 8.90. The average Bonchev–Trinajstić information content (AvgIpc) is 2.67. The summed E-state index contributed by atoms with van der Waals surface area (Å²) in [5.74, 6) is 2.27. The van der Waals surface area contributed by atoms with E-state index in [0.29, 0.717) is 11.7 Å². The zero-order valence-electron chi connectivity index (χ0n) is 14.7. The number of nitrogens with one attached hydrogen (secondary N) is 2. The van der Waals surface area contributed by atoms with Gasteiger partial charge in [0.15, 0.2) is 0 Å². The Hall–Kier alpha value is -2.56. The fourth-order valence-electron chi connectivity index (χ4n) is 3.48. The number of nitrogens with zero attached hydrogens (tertiary/aromatic N) is 1. The molecule has 4 N–H and O–H groups in total. The molecule has 0 atom stereocenters. The number of allylic oxidation sites excluding steroid dienone is 1. The highest BCUT2D eigenvalue weighted by Crippen LogP contribution is 2.30. The van der Waals surface area contributed by atoms with E-state index < -0.39 is 0 Å². The van der Waals surface area contributed by atoms with Crippen molar-refractivity contribution in [3.8, 4) is 5.75 Å². The molecule has 0 bridgehead atoms. The summed E-state index contributed by atoms with van der Waals surface area (Å²) in [6, 6.07) is 7.86. The van der Waals surface area contributed by atoms with Gasteiger partial charge in [0.05, 0.1) is 7.11 Å². The number of amidine groups is 1. The molecule has 1 saturated carbocycles. The lowest BCUT2D eigenvalue weighted by Crippen LogP contribution is -2.23. The number of aliphatic imine (C=N–C) groups is 1. The summed E-state index contributed by atoms with van der Waals surface area (Å²) >= 11 is 0. The molecule has 132 valence electrons. The predicted octanol–water partition coefficient (Wildman–Crippen LogP) is 3.83. The molecule has 0 amide bonds. The lowest BCUT2D eigenvalue weighted by Gasteiger charge is -2.24. The molecule has 1 fully saturated rings. The second kappa shape index (κ2) is 8.01. The first-order chi connectivity index (χ1) is 12.2. The molecule has 0 spiro atoms. The highest BCUT2D eigenvalue weighted by Gasteiger charge is 2.20. The maximum Gasteiger partial charge on any atom is 0.136 e. The van der Waals surface area contributed by atoms with Gasteiger partial charge in [-0.3, -0.25) is 5.41 Å². The summed E-state index contributed by atoms with van der Waals surface area (Å²) < 4.78 is 5.19. The summed E-state index contributed by atoms with van der Waals surface area (Å²) in [5.41, 5.74) is 8.72. The van der Waals surface area contributed by atoms with Gasteiger partial charge in [0.1, 0.15) is 17.4 Å². The molecule has 2 aliphatic rings. The highest BCUT2D eigenvalue weighted by atomic mass is 16.5. The van der Waals surface area contributed by atoms with E-state index in [-0.39, 0.29) is 5.84 Å². The molecule has 1 aromatic carbocycles. The van der Waals surface area contributed by atoms with Gasteiger partial charge in [-0.15, -0.1) is 0 Å². The number of methoxy groups -OCH3 is 1. The number of ether oxygens (including phenoxy) is 1. The summed E-state index contributed by atoms with van der Waals surface area (Å²) in [6.07, 6.45) is 10.9. The van der Waals surface area contributed by atoms with Gasteiger partial charge >= 0.3 is 0 Å². The van der Waals surface area contributed by atoms with E-state index in [9.17, 15) is 0 Å². The molecule has 5 heteroatoms. The standard InChI is InChI=1S/C20H26N4O/c1-25-17-9-7-15(8-10-17)16-12-23-20(24-13-16)18(19(21)22)11-14-5-3-2-4-6-14/h7-10,12-14,23H,2-6,11H2,1H3,(H3,21,22)/b20-18+. The van der Waals surface area contributed by atoms with Crippen LogP contribution in [0.2, 0.25) is 0 Å². The Morgan fingerprint density at radius 3 is 2.52 bits per heavy atom. The second-order valence-corrected chi connectivity index (χ2v) is 6.68. The molecular formula is C20H26N4O. The summed E-state index contributed by atoms with van der Waals surface area (Å²) in [7, 11) is 1.66. The van der Waals surface area contributed by atoms with Crippen LogP contribution >= 0.6 is 0 Å². The number of hydrogen-bond donors (Lipinski definition) is 3. The minimum atomic E-state index is 0.117. The van der Waals surface area contributed by atoms with Crippen molar-refractivity contribution in [2.75, 3.05) is 7.11 Å². The SMILES string of the molecule is COc1ccc(C2=CN/C(=C(/CC3CCCCC3)C(=N)N)N=C2)cc1. The largest absolute Gasteiger partial charge is 0.497 e. The van der Waals surface area contributed by atoms with Crippen LogP contribution in [0.5, 0.6) is 5.75 Å². The van der Waals surface area contributed by atoms with E-state index in [0.717, 1.165) is 28.9 Å². The summed E-state index contributed by atoms with van der Waals surface area (Å²) in [6.45, 7) is 0. The molecule has 3 rings (SSSR count). The van der Waals surface area contributed by atoms with Gasteiger partial charge in [-0.1, -0.05) is 44.2 Å². The van der Waals surface area contributed by atoms with E-state index in [4.69, 9.17) is 15.9 Å². The monoisotopic (exact) mass is 338 g/mol. The molecule has 5 nitrogen and oxygen atoms in total. The molecular weight excluding hydrogens is 312 g/mol. The number of rotatable bonds is 5. The van der Waals surface area contributed by atoms with Crippen LogP contribution < -0.4 is 15.8 Å².